The molecule has 0 heterocycles. The maximum atomic E-state index is 13.5. The molecule has 0 bridgehead atoms. The molecule has 0 saturated carbocycles. The van der Waals surface area contributed by atoms with Crippen LogP contribution in [-0.4, -0.2) is 5.24 Å². The molecule has 0 amide bonds. The van der Waals surface area contributed by atoms with E-state index in [9.17, 15) is 53.1 Å². The van der Waals surface area contributed by atoms with E-state index < -0.39 is 57.7 Å². The van der Waals surface area contributed by atoms with Crippen molar-refractivity contribution in [1.82, 2.24) is 0 Å². The third-order valence-corrected chi connectivity index (χ3v) is 2.61. The fourth-order valence-electron chi connectivity index (χ4n) is 1.68. The van der Waals surface area contributed by atoms with Gasteiger partial charge < -0.3 is 0 Å². The van der Waals surface area contributed by atoms with Gasteiger partial charge in [-0.1, -0.05) is 0 Å². The molecule has 1 aromatic carbocycles. The predicted molar refractivity (Wildman–Crippen MR) is 51.5 cm³/mol. The summed E-state index contributed by atoms with van der Waals surface area (Å²) in [5.74, 6) is -6.37. The molecule has 0 spiro atoms. The molecule has 1 nitrogen and oxygen atoms in total. The highest BCUT2D eigenvalue weighted by Gasteiger charge is 2.55. The minimum absolute atomic E-state index is 2.47. The van der Waals surface area contributed by atoms with E-state index in [-0.39, 0.29) is 0 Å². The Bertz CT molecular complexity index is 612. The zero-order valence-corrected chi connectivity index (χ0v) is 10.7. The van der Waals surface area contributed by atoms with Gasteiger partial charge in [0.2, 0.25) is 0 Å². The van der Waals surface area contributed by atoms with Crippen molar-refractivity contribution in [1.29, 1.82) is 0 Å². The summed E-state index contributed by atoms with van der Waals surface area (Å²) in [7, 11) is 0. The number of halogens is 12. The lowest BCUT2D eigenvalue weighted by Gasteiger charge is -2.23. The van der Waals surface area contributed by atoms with Crippen LogP contribution in [0.1, 0.15) is 27.0 Å². The van der Waals surface area contributed by atoms with Gasteiger partial charge in [-0.25, -0.2) is 8.78 Å². The summed E-state index contributed by atoms with van der Waals surface area (Å²) in [6.07, 6.45) is -19.1. The van der Waals surface area contributed by atoms with Crippen molar-refractivity contribution in [2.75, 3.05) is 0 Å². The van der Waals surface area contributed by atoms with E-state index in [2.05, 4.69) is 11.6 Å². The monoisotopic (exact) mass is 380 g/mol. The number of hydrogen-bond donors (Lipinski definition) is 0. The molecule has 0 N–H and O–H groups in total. The van der Waals surface area contributed by atoms with Gasteiger partial charge in [0, 0.05) is 0 Å². The normalized spacial score (nSPS) is 13.4. The topological polar surface area (TPSA) is 17.1 Å². The van der Waals surface area contributed by atoms with Crippen molar-refractivity contribution < 1.29 is 53.1 Å². The van der Waals surface area contributed by atoms with Crippen LogP contribution in [0.15, 0.2) is 0 Å². The molecular weight excluding hydrogens is 381 g/mol. The second-order valence-electron chi connectivity index (χ2n) is 3.89. The van der Waals surface area contributed by atoms with Crippen LogP contribution in [0.25, 0.3) is 0 Å². The number of hydrogen-bond acceptors (Lipinski definition) is 1. The minimum Gasteiger partial charge on any atom is -0.275 e. The summed E-state index contributed by atoms with van der Waals surface area (Å²) in [6, 6.07) is 0. The Labute approximate surface area is 123 Å². The Morgan fingerprint density at radius 2 is 0.913 bits per heavy atom. The lowest BCUT2D eigenvalue weighted by molar-refractivity contribution is -0.177. The number of rotatable bonds is 1. The van der Waals surface area contributed by atoms with Crippen molar-refractivity contribution >= 4 is 16.8 Å². The molecular formula is C10ClF11O. The summed E-state index contributed by atoms with van der Waals surface area (Å²) >= 11 is 4.49. The first-order valence-corrected chi connectivity index (χ1v) is 5.35. The number of carbonyl (C=O) groups excluding carboxylic acids is 1. The standard InChI is InChI=1S/C10ClF11O/c11-7(23)1-5(12)3(9(17,18)19)2(8(14,15)16)4(6(1)13)10(20,21)22. The summed E-state index contributed by atoms with van der Waals surface area (Å²) < 4.78 is 140. The van der Waals surface area contributed by atoms with Crippen molar-refractivity contribution in [3.05, 3.63) is 33.9 Å². The second kappa shape index (κ2) is 5.49. The van der Waals surface area contributed by atoms with Gasteiger partial charge in [0.05, 0.1) is 5.56 Å². The van der Waals surface area contributed by atoms with Crippen LogP contribution in [0, 0.1) is 11.6 Å². The molecule has 0 aliphatic heterocycles. The van der Waals surface area contributed by atoms with Gasteiger partial charge in [0.15, 0.2) is 11.6 Å². The average molecular weight is 381 g/mol. The lowest BCUT2D eigenvalue weighted by atomic mass is 9.94. The summed E-state index contributed by atoms with van der Waals surface area (Å²) in [6.45, 7) is 0. The predicted octanol–water partition coefficient (Wildman–Crippen LogP) is 5.40. The number of alkyl halides is 9. The third-order valence-electron chi connectivity index (χ3n) is 2.42. The average Bonchev–Trinajstić information content (AvgIpc) is 2.21. The highest BCUT2D eigenvalue weighted by Crippen LogP contribution is 2.49. The van der Waals surface area contributed by atoms with E-state index in [0.717, 1.165) is 0 Å². The minimum atomic E-state index is -6.43. The van der Waals surface area contributed by atoms with Crippen LogP contribution in [0.2, 0.25) is 0 Å². The van der Waals surface area contributed by atoms with Gasteiger partial charge in [-0.2, -0.15) is 39.5 Å². The molecule has 130 valence electrons. The fraction of sp³-hybridized carbons (Fsp3) is 0.300. The van der Waals surface area contributed by atoms with E-state index in [1.165, 1.54) is 0 Å². The summed E-state index contributed by atoms with van der Waals surface area (Å²) in [5, 5.41) is -2.47. The molecule has 0 unspecified atom stereocenters. The SMILES string of the molecule is O=C(Cl)c1c(F)c(C(F)(F)F)c(C(F)(F)F)c(C(F)(F)F)c1F. The molecule has 0 fully saturated rings. The maximum absolute atomic E-state index is 13.5. The first kappa shape index (κ1) is 19.5. The van der Waals surface area contributed by atoms with Crippen LogP contribution in [0.4, 0.5) is 48.3 Å². The lowest BCUT2D eigenvalue weighted by Crippen LogP contribution is -2.28. The van der Waals surface area contributed by atoms with Crippen molar-refractivity contribution in [2.45, 2.75) is 18.5 Å². The molecule has 0 aliphatic carbocycles. The highest BCUT2D eigenvalue weighted by atomic mass is 35.5. The highest BCUT2D eigenvalue weighted by molar-refractivity contribution is 6.67. The van der Waals surface area contributed by atoms with Crippen LogP contribution in [0.3, 0.4) is 0 Å². The summed E-state index contributed by atoms with van der Waals surface area (Å²) in [4.78, 5) is 10.7. The quantitative estimate of drug-likeness (QED) is 0.471. The molecule has 0 aromatic heterocycles. The molecule has 0 aliphatic rings. The van der Waals surface area contributed by atoms with Crippen LogP contribution >= 0.6 is 11.6 Å². The molecule has 13 heteroatoms. The van der Waals surface area contributed by atoms with E-state index in [1.807, 2.05) is 0 Å². The largest absolute Gasteiger partial charge is 0.419 e. The van der Waals surface area contributed by atoms with E-state index >= 15 is 0 Å². The van der Waals surface area contributed by atoms with Crippen molar-refractivity contribution in [3.8, 4) is 0 Å². The van der Waals surface area contributed by atoms with Gasteiger partial charge in [-0.05, 0) is 11.6 Å². The van der Waals surface area contributed by atoms with Crippen molar-refractivity contribution in [3.63, 3.8) is 0 Å². The van der Waals surface area contributed by atoms with Crippen LogP contribution in [-0.2, 0) is 18.5 Å². The summed E-state index contributed by atoms with van der Waals surface area (Å²) in [5.41, 5.74) is -13.2. The first-order valence-electron chi connectivity index (χ1n) is 4.97. The van der Waals surface area contributed by atoms with Gasteiger partial charge >= 0.3 is 18.5 Å². The van der Waals surface area contributed by atoms with E-state index in [1.54, 1.807) is 0 Å². The van der Waals surface area contributed by atoms with E-state index in [0.29, 0.717) is 0 Å². The second-order valence-corrected chi connectivity index (χ2v) is 4.24. The Balaban J connectivity index is 4.27. The molecule has 0 atom stereocenters. The van der Waals surface area contributed by atoms with Gasteiger partial charge in [0.1, 0.15) is 16.7 Å². The van der Waals surface area contributed by atoms with Gasteiger partial charge in [0.25, 0.3) is 5.24 Å². The Hall–Kier alpha value is -1.59. The first-order chi connectivity index (χ1) is 10.0. The molecule has 1 rings (SSSR count). The Morgan fingerprint density at radius 3 is 1.09 bits per heavy atom. The van der Waals surface area contributed by atoms with E-state index in [4.69, 9.17) is 0 Å². The zero-order valence-electron chi connectivity index (χ0n) is 9.94. The third kappa shape index (κ3) is 3.51. The molecule has 0 saturated heterocycles. The maximum Gasteiger partial charge on any atom is 0.419 e. The van der Waals surface area contributed by atoms with Crippen LogP contribution < -0.4 is 0 Å². The number of carbonyl (C=O) groups is 1. The van der Waals surface area contributed by atoms with Gasteiger partial charge in [-0.15, -0.1) is 0 Å². The molecule has 0 radical (unpaired) electrons. The zero-order chi connectivity index (χ0) is 18.5. The Kier molecular flexibility index (Phi) is 4.65. The smallest absolute Gasteiger partial charge is 0.275 e. The van der Waals surface area contributed by atoms with Gasteiger partial charge in [-0.3, -0.25) is 4.79 Å². The van der Waals surface area contributed by atoms with Crippen molar-refractivity contribution in [2.24, 2.45) is 0 Å². The number of benzene rings is 1. The molecule has 23 heavy (non-hydrogen) atoms. The fourth-order valence-corrected chi connectivity index (χ4v) is 1.85. The Morgan fingerprint density at radius 1 is 0.652 bits per heavy atom. The van der Waals surface area contributed by atoms with Crippen LogP contribution in [0.5, 0.6) is 0 Å². The molecule has 1 aromatic rings.